The highest BCUT2D eigenvalue weighted by Crippen LogP contribution is 2.42. The molecule has 2 aliphatic rings. The predicted octanol–water partition coefficient (Wildman–Crippen LogP) is 0.519. The Hall–Kier alpha value is -1.66. The monoisotopic (exact) mass is 292 g/mol. The molecule has 21 heavy (non-hydrogen) atoms. The molecule has 3 atom stereocenters. The summed E-state index contributed by atoms with van der Waals surface area (Å²) in [6, 6.07) is 4.42. The molecule has 2 fully saturated rings. The van der Waals surface area contributed by atoms with E-state index in [0.717, 1.165) is 12.8 Å². The van der Waals surface area contributed by atoms with Crippen molar-refractivity contribution in [2.24, 2.45) is 0 Å². The molecule has 1 saturated carbocycles. The fourth-order valence-electron chi connectivity index (χ4n) is 3.65. The van der Waals surface area contributed by atoms with E-state index in [2.05, 4.69) is 4.98 Å². The van der Waals surface area contributed by atoms with E-state index >= 15 is 0 Å². The van der Waals surface area contributed by atoms with Crippen LogP contribution in [-0.2, 0) is 4.74 Å². The van der Waals surface area contributed by atoms with Crippen LogP contribution in [0.4, 0.5) is 0 Å². The van der Waals surface area contributed by atoms with E-state index in [1.165, 1.54) is 6.07 Å². The number of aromatic amines is 1. The number of H-pyrrole nitrogens is 1. The van der Waals surface area contributed by atoms with Crippen LogP contribution >= 0.6 is 0 Å². The van der Waals surface area contributed by atoms with E-state index in [1.807, 2.05) is 0 Å². The number of aliphatic hydroxyl groups is 1. The van der Waals surface area contributed by atoms with E-state index in [9.17, 15) is 14.7 Å². The molecule has 114 valence electrons. The molecule has 3 rings (SSSR count). The zero-order chi connectivity index (χ0) is 15.0. The standard InChI is InChI=1S/C15H20N2O4/c1-21-15-6-5-10(18)9-12(15)17(8-7-15)14(20)11-3-2-4-13(19)16-11/h2-4,10,12,18H,5-9H2,1H3,(H,16,19)/t10-,12-,15+/m0/s1. The van der Waals surface area contributed by atoms with Gasteiger partial charge in [-0.25, -0.2) is 0 Å². The van der Waals surface area contributed by atoms with E-state index in [4.69, 9.17) is 4.74 Å². The van der Waals surface area contributed by atoms with Gasteiger partial charge >= 0.3 is 0 Å². The average Bonchev–Trinajstić information content (AvgIpc) is 2.86. The summed E-state index contributed by atoms with van der Waals surface area (Å²) in [6.45, 7) is 0.584. The van der Waals surface area contributed by atoms with E-state index in [1.54, 1.807) is 24.1 Å². The highest BCUT2D eigenvalue weighted by molar-refractivity contribution is 5.92. The molecule has 1 aliphatic heterocycles. The summed E-state index contributed by atoms with van der Waals surface area (Å²) >= 11 is 0. The number of hydrogen-bond donors (Lipinski definition) is 2. The first kappa shape index (κ1) is 14.3. The second-order valence-electron chi connectivity index (χ2n) is 5.89. The van der Waals surface area contributed by atoms with Crippen LogP contribution in [0.15, 0.2) is 23.0 Å². The summed E-state index contributed by atoms with van der Waals surface area (Å²) in [6.07, 6.45) is 2.35. The van der Waals surface area contributed by atoms with E-state index in [-0.39, 0.29) is 28.8 Å². The number of fused-ring (bicyclic) bond motifs is 1. The number of methoxy groups -OCH3 is 1. The first-order valence-corrected chi connectivity index (χ1v) is 7.29. The van der Waals surface area contributed by atoms with Crippen molar-refractivity contribution in [2.75, 3.05) is 13.7 Å². The summed E-state index contributed by atoms with van der Waals surface area (Å²) in [5.41, 5.74) is -0.361. The molecule has 1 aliphatic carbocycles. The quantitative estimate of drug-likeness (QED) is 0.832. The predicted molar refractivity (Wildman–Crippen MR) is 76.1 cm³/mol. The van der Waals surface area contributed by atoms with Crippen LogP contribution < -0.4 is 5.56 Å². The number of pyridine rings is 1. The second-order valence-corrected chi connectivity index (χ2v) is 5.89. The third kappa shape index (κ3) is 2.38. The Morgan fingerprint density at radius 1 is 1.48 bits per heavy atom. The number of amides is 1. The van der Waals surface area contributed by atoms with Gasteiger partial charge in [-0.3, -0.25) is 9.59 Å². The maximum Gasteiger partial charge on any atom is 0.270 e. The van der Waals surface area contributed by atoms with Gasteiger partial charge in [0.2, 0.25) is 5.56 Å². The highest BCUT2D eigenvalue weighted by Gasteiger charge is 2.52. The smallest absolute Gasteiger partial charge is 0.270 e. The van der Waals surface area contributed by atoms with Crippen molar-refractivity contribution >= 4 is 5.91 Å². The molecule has 6 heteroatoms. The van der Waals surface area contributed by atoms with Gasteiger partial charge in [0.05, 0.1) is 17.7 Å². The third-order valence-corrected chi connectivity index (χ3v) is 4.82. The molecular formula is C15H20N2O4. The number of ether oxygens (including phenoxy) is 1. The van der Waals surface area contributed by atoms with Gasteiger partial charge < -0.3 is 19.7 Å². The molecular weight excluding hydrogens is 272 g/mol. The molecule has 2 heterocycles. The zero-order valence-electron chi connectivity index (χ0n) is 12.0. The number of hydrogen-bond acceptors (Lipinski definition) is 4. The number of likely N-dealkylation sites (tertiary alicyclic amines) is 1. The van der Waals surface area contributed by atoms with Gasteiger partial charge in [-0.05, 0) is 31.7 Å². The van der Waals surface area contributed by atoms with Gasteiger partial charge in [-0.15, -0.1) is 0 Å². The summed E-state index contributed by atoms with van der Waals surface area (Å²) in [5, 5.41) is 9.93. The molecule has 6 nitrogen and oxygen atoms in total. The Balaban J connectivity index is 1.89. The van der Waals surface area contributed by atoms with Crippen molar-refractivity contribution in [3.8, 4) is 0 Å². The lowest BCUT2D eigenvalue weighted by atomic mass is 9.79. The SMILES string of the molecule is CO[C@@]12CC[C@H](O)C[C@@H]1N(C(=O)c1cccc(=O)[nH]1)CC2. The maximum absolute atomic E-state index is 12.6. The van der Waals surface area contributed by atoms with Gasteiger partial charge in [-0.2, -0.15) is 0 Å². The number of carbonyl (C=O) groups excluding carboxylic acids is 1. The number of carbonyl (C=O) groups is 1. The van der Waals surface area contributed by atoms with Crippen molar-refractivity contribution in [3.05, 3.63) is 34.2 Å². The number of aliphatic hydroxyl groups excluding tert-OH is 1. The molecule has 0 aromatic carbocycles. The average molecular weight is 292 g/mol. The van der Waals surface area contributed by atoms with Crippen molar-refractivity contribution in [3.63, 3.8) is 0 Å². The Bertz CT molecular complexity index is 599. The van der Waals surface area contributed by atoms with Gasteiger partial charge in [0.25, 0.3) is 5.91 Å². The largest absolute Gasteiger partial charge is 0.393 e. The summed E-state index contributed by atoms with van der Waals surface area (Å²) in [7, 11) is 1.67. The number of rotatable bonds is 2. The molecule has 1 saturated heterocycles. The number of nitrogens with zero attached hydrogens (tertiary/aromatic N) is 1. The molecule has 1 aromatic heterocycles. The number of aromatic nitrogens is 1. The van der Waals surface area contributed by atoms with Crippen LogP contribution in [0.25, 0.3) is 0 Å². The lowest BCUT2D eigenvalue weighted by Gasteiger charge is -2.42. The summed E-state index contributed by atoms with van der Waals surface area (Å²) < 4.78 is 5.71. The van der Waals surface area contributed by atoms with Crippen molar-refractivity contribution in [1.29, 1.82) is 0 Å². The van der Waals surface area contributed by atoms with Gasteiger partial charge in [0.15, 0.2) is 0 Å². The molecule has 0 unspecified atom stereocenters. The Morgan fingerprint density at radius 3 is 3.00 bits per heavy atom. The third-order valence-electron chi connectivity index (χ3n) is 4.82. The van der Waals surface area contributed by atoms with Crippen LogP contribution in [0, 0.1) is 0 Å². The van der Waals surface area contributed by atoms with Crippen LogP contribution in [0.2, 0.25) is 0 Å². The molecule has 1 amide bonds. The lowest BCUT2D eigenvalue weighted by molar-refractivity contribution is -0.0824. The van der Waals surface area contributed by atoms with Crippen LogP contribution in [0.3, 0.4) is 0 Å². The molecule has 2 N–H and O–H groups in total. The van der Waals surface area contributed by atoms with Crippen molar-refractivity contribution < 1.29 is 14.6 Å². The topological polar surface area (TPSA) is 82.6 Å². The molecule has 0 spiro atoms. The first-order chi connectivity index (χ1) is 10.1. The van der Waals surface area contributed by atoms with Crippen LogP contribution in [-0.4, -0.2) is 52.3 Å². The van der Waals surface area contributed by atoms with Crippen LogP contribution in [0.5, 0.6) is 0 Å². The fourth-order valence-corrected chi connectivity index (χ4v) is 3.65. The summed E-state index contributed by atoms with van der Waals surface area (Å²) in [4.78, 5) is 28.3. The van der Waals surface area contributed by atoms with Crippen LogP contribution in [0.1, 0.15) is 36.2 Å². The Morgan fingerprint density at radius 2 is 2.29 bits per heavy atom. The van der Waals surface area contributed by atoms with E-state index in [0.29, 0.717) is 19.4 Å². The second kappa shape index (κ2) is 5.27. The van der Waals surface area contributed by atoms with Gasteiger partial charge in [0, 0.05) is 19.7 Å². The minimum Gasteiger partial charge on any atom is -0.393 e. The van der Waals surface area contributed by atoms with E-state index < -0.39 is 6.10 Å². The molecule has 0 bridgehead atoms. The summed E-state index contributed by atoms with van der Waals surface area (Å²) in [5.74, 6) is -0.203. The first-order valence-electron chi connectivity index (χ1n) is 7.29. The fraction of sp³-hybridized carbons (Fsp3) is 0.600. The van der Waals surface area contributed by atoms with Gasteiger partial charge in [0.1, 0.15) is 5.69 Å². The number of nitrogens with one attached hydrogen (secondary N) is 1. The van der Waals surface area contributed by atoms with Crippen molar-refractivity contribution in [1.82, 2.24) is 9.88 Å². The normalized spacial score (nSPS) is 32.0. The van der Waals surface area contributed by atoms with Gasteiger partial charge in [-0.1, -0.05) is 6.07 Å². The molecule has 1 aromatic rings. The highest BCUT2D eigenvalue weighted by atomic mass is 16.5. The van der Waals surface area contributed by atoms with Crippen molar-refractivity contribution in [2.45, 2.75) is 43.4 Å². The minimum absolute atomic E-state index is 0.137. The Kier molecular flexibility index (Phi) is 3.59. The maximum atomic E-state index is 12.6. The lowest BCUT2D eigenvalue weighted by Crippen LogP contribution is -2.53. The Labute approximate surface area is 122 Å². The minimum atomic E-state index is -0.401. The zero-order valence-corrected chi connectivity index (χ0v) is 12.0. The molecule has 0 radical (unpaired) electrons.